The molecule has 0 aromatic heterocycles. The van der Waals surface area contributed by atoms with Gasteiger partial charge in [-0.25, -0.2) is 5.01 Å². The minimum absolute atomic E-state index is 0.0488. The SMILES string of the molecule is CC1=CN2CC(=O)N(CCCC(=O)O)N=C2C=C1. The number of hydrogen-bond acceptors (Lipinski definition) is 4. The maximum absolute atomic E-state index is 11.8. The lowest BCUT2D eigenvalue weighted by molar-refractivity contribution is -0.138. The summed E-state index contributed by atoms with van der Waals surface area (Å²) in [6.07, 6.45) is 6.13. The summed E-state index contributed by atoms with van der Waals surface area (Å²) in [5, 5.41) is 14.1. The number of allylic oxidation sites excluding steroid dienone is 2. The van der Waals surface area contributed by atoms with E-state index in [1.165, 1.54) is 5.01 Å². The molecule has 0 radical (unpaired) electrons. The van der Waals surface area contributed by atoms with Gasteiger partial charge >= 0.3 is 5.97 Å². The average Bonchev–Trinajstić information content (AvgIpc) is 2.29. The highest BCUT2D eigenvalue weighted by molar-refractivity contribution is 6.00. The van der Waals surface area contributed by atoms with E-state index < -0.39 is 5.97 Å². The van der Waals surface area contributed by atoms with Gasteiger partial charge in [-0.2, -0.15) is 5.10 Å². The Bertz CT molecular complexity index is 465. The number of fused-ring (bicyclic) bond motifs is 1. The number of carbonyl (C=O) groups is 2. The Morgan fingerprint density at radius 3 is 3.00 bits per heavy atom. The molecule has 2 aliphatic rings. The molecule has 2 aliphatic heterocycles. The number of aliphatic carboxylic acids is 1. The molecule has 2 rings (SSSR count). The summed E-state index contributed by atoms with van der Waals surface area (Å²) >= 11 is 0. The Morgan fingerprint density at radius 2 is 2.28 bits per heavy atom. The van der Waals surface area contributed by atoms with Gasteiger partial charge in [0.1, 0.15) is 6.54 Å². The fourth-order valence-electron chi connectivity index (χ4n) is 1.84. The van der Waals surface area contributed by atoms with Gasteiger partial charge in [-0.3, -0.25) is 9.59 Å². The molecule has 0 aromatic carbocycles. The number of amidine groups is 1. The zero-order chi connectivity index (χ0) is 13.1. The summed E-state index contributed by atoms with van der Waals surface area (Å²) in [7, 11) is 0. The second-order valence-electron chi connectivity index (χ2n) is 4.31. The van der Waals surface area contributed by atoms with E-state index in [9.17, 15) is 9.59 Å². The lowest BCUT2D eigenvalue weighted by Crippen LogP contribution is -2.45. The van der Waals surface area contributed by atoms with Crippen LogP contribution in [0.5, 0.6) is 0 Å². The molecule has 0 aliphatic carbocycles. The normalized spacial score (nSPS) is 18.4. The maximum Gasteiger partial charge on any atom is 0.303 e. The molecule has 18 heavy (non-hydrogen) atoms. The van der Waals surface area contributed by atoms with Gasteiger partial charge in [-0.05, 0) is 25.0 Å². The Kier molecular flexibility index (Phi) is 3.45. The molecule has 2 heterocycles. The molecule has 0 fully saturated rings. The molecule has 1 amide bonds. The van der Waals surface area contributed by atoms with Crippen molar-refractivity contribution in [2.45, 2.75) is 19.8 Å². The van der Waals surface area contributed by atoms with Crippen molar-refractivity contribution >= 4 is 17.7 Å². The zero-order valence-corrected chi connectivity index (χ0v) is 10.2. The van der Waals surface area contributed by atoms with E-state index in [0.717, 1.165) is 11.4 Å². The van der Waals surface area contributed by atoms with Crippen LogP contribution in [-0.2, 0) is 9.59 Å². The molecular formula is C12H15N3O3. The number of nitrogens with zero attached hydrogens (tertiary/aromatic N) is 3. The minimum atomic E-state index is -0.857. The van der Waals surface area contributed by atoms with E-state index in [1.807, 2.05) is 25.3 Å². The molecule has 0 bridgehead atoms. The van der Waals surface area contributed by atoms with Crippen molar-refractivity contribution in [3.05, 3.63) is 23.9 Å². The second kappa shape index (κ2) is 5.03. The highest BCUT2D eigenvalue weighted by Crippen LogP contribution is 2.15. The van der Waals surface area contributed by atoms with Gasteiger partial charge in [0.2, 0.25) is 0 Å². The van der Waals surface area contributed by atoms with Gasteiger partial charge in [0.25, 0.3) is 5.91 Å². The molecule has 0 saturated carbocycles. The van der Waals surface area contributed by atoms with E-state index in [1.54, 1.807) is 4.90 Å². The van der Waals surface area contributed by atoms with Crippen LogP contribution in [0.15, 0.2) is 29.0 Å². The molecule has 6 nitrogen and oxygen atoms in total. The standard InChI is InChI=1S/C12H15N3O3/c1-9-4-5-10-13-15(6-2-3-12(17)18)11(16)8-14(10)7-9/h4-5,7H,2-3,6,8H2,1H3,(H,17,18). The first-order valence-corrected chi connectivity index (χ1v) is 5.80. The molecule has 0 aromatic rings. The van der Waals surface area contributed by atoms with Gasteiger partial charge in [0, 0.05) is 19.2 Å². The highest BCUT2D eigenvalue weighted by atomic mass is 16.4. The van der Waals surface area contributed by atoms with E-state index in [0.29, 0.717) is 13.0 Å². The van der Waals surface area contributed by atoms with Crippen molar-refractivity contribution in [2.24, 2.45) is 5.10 Å². The van der Waals surface area contributed by atoms with Crippen molar-refractivity contribution in [3.63, 3.8) is 0 Å². The van der Waals surface area contributed by atoms with Crippen LogP contribution in [0.2, 0.25) is 0 Å². The Labute approximate surface area is 105 Å². The Hall–Kier alpha value is -2.11. The molecule has 0 atom stereocenters. The van der Waals surface area contributed by atoms with E-state index in [-0.39, 0.29) is 18.9 Å². The topological polar surface area (TPSA) is 73.2 Å². The van der Waals surface area contributed by atoms with E-state index >= 15 is 0 Å². The number of rotatable bonds is 4. The lowest BCUT2D eigenvalue weighted by Gasteiger charge is -2.31. The summed E-state index contributed by atoms with van der Waals surface area (Å²) < 4.78 is 0. The molecule has 0 spiro atoms. The molecule has 6 heteroatoms. The maximum atomic E-state index is 11.8. The van der Waals surface area contributed by atoms with Crippen LogP contribution in [0.3, 0.4) is 0 Å². The number of hydrazone groups is 1. The van der Waals surface area contributed by atoms with Gasteiger partial charge < -0.3 is 10.0 Å². The first-order valence-electron chi connectivity index (χ1n) is 5.80. The molecule has 96 valence electrons. The van der Waals surface area contributed by atoms with Crippen molar-refractivity contribution in [1.82, 2.24) is 9.91 Å². The van der Waals surface area contributed by atoms with Crippen LogP contribution in [-0.4, -0.2) is 45.8 Å². The molecule has 0 unspecified atom stereocenters. The van der Waals surface area contributed by atoms with Crippen LogP contribution in [0, 0.1) is 0 Å². The summed E-state index contributed by atoms with van der Waals surface area (Å²) in [5.74, 6) is -0.246. The van der Waals surface area contributed by atoms with Crippen molar-refractivity contribution in [3.8, 4) is 0 Å². The third-order valence-corrected chi connectivity index (χ3v) is 2.73. The minimum Gasteiger partial charge on any atom is -0.481 e. The van der Waals surface area contributed by atoms with Crippen molar-refractivity contribution in [2.75, 3.05) is 13.1 Å². The van der Waals surface area contributed by atoms with E-state index in [2.05, 4.69) is 5.10 Å². The number of hydrogen-bond donors (Lipinski definition) is 1. The van der Waals surface area contributed by atoms with Gasteiger partial charge in [0.15, 0.2) is 5.84 Å². The third-order valence-electron chi connectivity index (χ3n) is 2.73. The Morgan fingerprint density at radius 1 is 1.50 bits per heavy atom. The summed E-state index contributed by atoms with van der Waals surface area (Å²) in [6, 6.07) is 0. The van der Waals surface area contributed by atoms with Gasteiger partial charge in [-0.1, -0.05) is 6.08 Å². The van der Waals surface area contributed by atoms with Crippen LogP contribution in [0.25, 0.3) is 0 Å². The summed E-state index contributed by atoms with van der Waals surface area (Å²) in [4.78, 5) is 24.0. The summed E-state index contributed by atoms with van der Waals surface area (Å²) in [6.45, 7) is 2.56. The lowest BCUT2D eigenvalue weighted by atomic mass is 10.2. The Balaban J connectivity index is 2.02. The van der Waals surface area contributed by atoms with Crippen LogP contribution >= 0.6 is 0 Å². The summed E-state index contributed by atoms with van der Waals surface area (Å²) in [5.41, 5.74) is 1.07. The first kappa shape index (κ1) is 12.3. The van der Waals surface area contributed by atoms with Gasteiger partial charge in [0.05, 0.1) is 0 Å². The zero-order valence-electron chi connectivity index (χ0n) is 10.2. The quantitative estimate of drug-likeness (QED) is 0.799. The van der Waals surface area contributed by atoms with Crippen LogP contribution in [0.1, 0.15) is 19.8 Å². The van der Waals surface area contributed by atoms with Gasteiger partial charge in [-0.15, -0.1) is 0 Å². The second-order valence-corrected chi connectivity index (χ2v) is 4.31. The largest absolute Gasteiger partial charge is 0.481 e. The molecule has 1 N–H and O–H groups in total. The smallest absolute Gasteiger partial charge is 0.303 e. The van der Waals surface area contributed by atoms with Crippen LogP contribution < -0.4 is 0 Å². The fraction of sp³-hybridized carbons (Fsp3) is 0.417. The molecular weight excluding hydrogens is 234 g/mol. The van der Waals surface area contributed by atoms with Crippen molar-refractivity contribution in [1.29, 1.82) is 0 Å². The number of carboxylic acids is 1. The first-order chi connectivity index (χ1) is 8.56. The number of carbonyl (C=O) groups excluding carboxylic acids is 1. The van der Waals surface area contributed by atoms with E-state index in [4.69, 9.17) is 5.11 Å². The average molecular weight is 249 g/mol. The van der Waals surface area contributed by atoms with Crippen LogP contribution in [0.4, 0.5) is 0 Å². The number of amides is 1. The fourth-order valence-corrected chi connectivity index (χ4v) is 1.84. The van der Waals surface area contributed by atoms with Crippen molar-refractivity contribution < 1.29 is 14.7 Å². The number of carboxylic acid groups (broad SMARTS) is 1. The predicted octanol–water partition coefficient (Wildman–Crippen LogP) is 0.783. The predicted molar refractivity (Wildman–Crippen MR) is 65.6 cm³/mol. The monoisotopic (exact) mass is 249 g/mol. The third kappa shape index (κ3) is 2.77. The molecule has 0 saturated heterocycles. The highest BCUT2D eigenvalue weighted by Gasteiger charge is 2.25.